The Morgan fingerprint density at radius 1 is 1.34 bits per heavy atom. The summed E-state index contributed by atoms with van der Waals surface area (Å²) in [5, 5.41) is 11.5. The van der Waals surface area contributed by atoms with Gasteiger partial charge in [0.25, 0.3) is 0 Å². The predicted molar refractivity (Wildman–Crippen MR) is 119 cm³/mol. The number of furan rings is 1. The number of allylic oxidation sites excluding steroid dienone is 3. The predicted octanol–water partition coefficient (Wildman–Crippen LogP) is 4.85. The molecule has 6 unspecified atom stereocenters. The number of fused-ring (bicyclic) bond motifs is 5. The first-order chi connectivity index (χ1) is 15.3. The van der Waals surface area contributed by atoms with E-state index in [2.05, 4.69) is 24.8 Å². The molecule has 0 aromatic carbocycles. The first kappa shape index (κ1) is 21.8. The summed E-state index contributed by atoms with van der Waals surface area (Å²) in [7, 11) is 0. The Balaban J connectivity index is 1.55. The van der Waals surface area contributed by atoms with E-state index in [9.17, 15) is 14.7 Å². The number of aliphatic hydroxyl groups is 1. The van der Waals surface area contributed by atoms with Crippen LogP contribution < -0.4 is 0 Å². The highest BCUT2D eigenvalue weighted by atomic mass is 35.5. The summed E-state index contributed by atoms with van der Waals surface area (Å²) in [4.78, 5) is 26.2. The van der Waals surface area contributed by atoms with Crippen molar-refractivity contribution < 1.29 is 23.8 Å². The van der Waals surface area contributed by atoms with Gasteiger partial charge in [-0.15, -0.1) is 17.3 Å². The number of carbonyl (C=O) groups excluding carboxylic acids is 2. The van der Waals surface area contributed by atoms with Gasteiger partial charge in [0.15, 0.2) is 11.4 Å². The molecule has 0 aliphatic heterocycles. The lowest BCUT2D eigenvalue weighted by Crippen LogP contribution is -2.62. The highest BCUT2D eigenvalue weighted by molar-refractivity contribution is 6.29. The maximum atomic E-state index is 13.3. The minimum absolute atomic E-state index is 0.0458. The molecule has 4 aliphatic rings. The molecule has 170 valence electrons. The number of Topliss-reactive ketones (excluding diaryl/α,β-unsaturated/α-hetero) is 1. The van der Waals surface area contributed by atoms with Crippen molar-refractivity contribution in [2.24, 2.45) is 28.6 Å². The van der Waals surface area contributed by atoms with Crippen LogP contribution in [0.15, 0.2) is 52.3 Å². The zero-order valence-corrected chi connectivity index (χ0v) is 19.2. The molecule has 1 aromatic heterocycles. The lowest BCUT2D eigenvalue weighted by molar-refractivity contribution is -0.176. The lowest BCUT2D eigenvalue weighted by Gasteiger charge is -2.59. The molecule has 0 radical (unpaired) electrons. The van der Waals surface area contributed by atoms with Crippen molar-refractivity contribution in [3.8, 4) is 0 Å². The van der Waals surface area contributed by atoms with E-state index in [1.54, 1.807) is 6.07 Å². The smallest absolute Gasteiger partial charge is 0.375 e. The molecular weight excluding hydrogens is 428 g/mol. The molecule has 5 nitrogen and oxygen atoms in total. The second-order valence-electron chi connectivity index (χ2n) is 10.3. The fourth-order valence-corrected chi connectivity index (χ4v) is 7.82. The Kier molecular flexibility index (Phi) is 5.09. The van der Waals surface area contributed by atoms with Crippen LogP contribution >= 0.6 is 11.6 Å². The molecule has 0 spiro atoms. The van der Waals surface area contributed by atoms with Gasteiger partial charge in [0, 0.05) is 16.7 Å². The van der Waals surface area contributed by atoms with Gasteiger partial charge in [0.2, 0.25) is 5.76 Å². The van der Waals surface area contributed by atoms with Crippen molar-refractivity contribution in [3.63, 3.8) is 0 Å². The summed E-state index contributed by atoms with van der Waals surface area (Å²) in [5.41, 5.74) is 2.27. The van der Waals surface area contributed by atoms with Gasteiger partial charge in [-0.3, -0.25) is 4.79 Å². The van der Waals surface area contributed by atoms with Gasteiger partial charge in [-0.2, -0.15) is 0 Å². The van der Waals surface area contributed by atoms with Crippen molar-refractivity contribution in [2.75, 3.05) is 5.88 Å². The van der Waals surface area contributed by atoms with E-state index in [1.807, 2.05) is 13.0 Å². The quantitative estimate of drug-likeness (QED) is 0.398. The van der Waals surface area contributed by atoms with Crippen molar-refractivity contribution in [3.05, 3.63) is 53.7 Å². The third kappa shape index (κ3) is 2.81. The Morgan fingerprint density at radius 3 is 2.88 bits per heavy atom. The maximum absolute atomic E-state index is 13.3. The zero-order chi connectivity index (χ0) is 22.7. The summed E-state index contributed by atoms with van der Waals surface area (Å²) < 4.78 is 11.2. The fraction of sp³-hybridized carbons (Fsp3) is 0.577. The van der Waals surface area contributed by atoms with Gasteiger partial charge in [-0.1, -0.05) is 25.5 Å². The molecule has 3 fully saturated rings. The minimum Gasteiger partial charge on any atom is -0.457 e. The zero-order valence-electron chi connectivity index (χ0n) is 18.5. The Labute approximate surface area is 193 Å². The molecule has 0 saturated heterocycles. The van der Waals surface area contributed by atoms with Crippen LogP contribution in [-0.4, -0.2) is 34.4 Å². The van der Waals surface area contributed by atoms with Gasteiger partial charge < -0.3 is 14.3 Å². The van der Waals surface area contributed by atoms with Crippen LogP contribution in [0.1, 0.15) is 56.5 Å². The van der Waals surface area contributed by atoms with E-state index >= 15 is 0 Å². The van der Waals surface area contributed by atoms with Gasteiger partial charge in [-0.05, 0) is 68.2 Å². The summed E-state index contributed by atoms with van der Waals surface area (Å²) in [6.07, 6.45) is 10.4. The van der Waals surface area contributed by atoms with Gasteiger partial charge >= 0.3 is 5.97 Å². The molecule has 6 heteroatoms. The van der Waals surface area contributed by atoms with E-state index in [1.165, 1.54) is 17.9 Å². The number of rotatable bonds is 4. The maximum Gasteiger partial charge on any atom is 0.375 e. The van der Waals surface area contributed by atoms with Crippen LogP contribution in [0.2, 0.25) is 0 Å². The molecule has 32 heavy (non-hydrogen) atoms. The summed E-state index contributed by atoms with van der Waals surface area (Å²) in [5.74, 6) is -0.724. The van der Waals surface area contributed by atoms with Crippen molar-refractivity contribution in [1.29, 1.82) is 0 Å². The SMILES string of the molecule is CC12C=C=CC=C1CCC1C2C(O)CC2(C)C1CC[C@]2(OC(=O)c1ccco1)C(=O)CCl. The van der Waals surface area contributed by atoms with Crippen LogP contribution in [0, 0.1) is 28.6 Å². The number of carbonyl (C=O) groups is 2. The normalized spacial score (nSPS) is 41.9. The molecular formula is C26H29ClO5. The number of aliphatic hydroxyl groups excluding tert-OH is 1. The number of halogens is 1. The average molecular weight is 457 g/mol. The molecule has 5 rings (SSSR count). The molecule has 4 aliphatic carbocycles. The summed E-state index contributed by atoms with van der Waals surface area (Å²) in [6.45, 7) is 4.21. The highest BCUT2D eigenvalue weighted by Crippen LogP contribution is 2.67. The van der Waals surface area contributed by atoms with E-state index in [4.69, 9.17) is 20.8 Å². The molecule has 0 bridgehead atoms. The molecule has 7 atom stereocenters. The van der Waals surface area contributed by atoms with E-state index in [-0.39, 0.29) is 40.6 Å². The van der Waals surface area contributed by atoms with Crippen LogP contribution in [0.25, 0.3) is 0 Å². The first-order valence-corrected chi connectivity index (χ1v) is 12.0. The number of esters is 1. The monoisotopic (exact) mass is 456 g/mol. The highest BCUT2D eigenvalue weighted by Gasteiger charge is 2.70. The Hall–Kier alpha value is -2.07. The van der Waals surface area contributed by atoms with Gasteiger partial charge in [0.05, 0.1) is 18.2 Å². The number of ether oxygens (including phenoxy) is 1. The molecule has 1 heterocycles. The van der Waals surface area contributed by atoms with Crippen LogP contribution in [0.5, 0.6) is 0 Å². The lowest BCUT2D eigenvalue weighted by atomic mass is 9.46. The van der Waals surface area contributed by atoms with E-state index < -0.39 is 23.1 Å². The molecule has 3 saturated carbocycles. The van der Waals surface area contributed by atoms with Gasteiger partial charge in [-0.25, -0.2) is 4.79 Å². The number of ketones is 1. The Bertz CT molecular complexity index is 1030. The van der Waals surface area contributed by atoms with E-state index in [0.29, 0.717) is 12.8 Å². The average Bonchev–Trinajstić information content (AvgIpc) is 3.40. The third-order valence-electron chi connectivity index (χ3n) is 9.03. The van der Waals surface area contributed by atoms with Crippen molar-refractivity contribution in [1.82, 2.24) is 0 Å². The minimum atomic E-state index is -1.37. The first-order valence-electron chi connectivity index (χ1n) is 11.4. The molecule has 0 amide bonds. The van der Waals surface area contributed by atoms with Crippen molar-refractivity contribution in [2.45, 2.75) is 57.7 Å². The summed E-state index contributed by atoms with van der Waals surface area (Å²) in [6, 6.07) is 3.14. The number of hydrogen-bond donors (Lipinski definition) is 1. The fourth-order valence-electron chi connectivity index (χ4n) is 7.61. The van der Waals surface area contributed by atoms with Crippen LogP contribution in [0.4, 0.5) is 0 Å². The van der Waals surface area contributed by atoms with Crippen LogP contribution in [-0.2, 0) is 9.53 Å². The summed E-state index contributed by atoms with van der Waals surface area (Å²) >= 11 is 6.06. The second-order valence-corrected chi connectivity index (χ2v) is 10.5. The third-order valence-corrected chi connectivity index (χ3v) is 9.27. The van der Waals surface area contributed by atoms with Crippen molar-refractivity contribution >= 4 is 23.4 Å². The standard InChI is InChI=1S/C26H29ClO5/c1-24-11-4-3-6-16(24)8-9-17-18-10-12-26(21(29)15-27,25(18,2)14-19(28)22(17)24)32-23(30)20-7-5-13-31-20/h3,5-7,11,13,17-19,22,28H,8-10,12,14-15H2,1-2H3/t17?,18?,19?,22?,24?,25?,26-/m0/s1. The largest absolute Gasteiger partial charge is 0.457 e. The van der Waals surface area contributed by atoms with E-state index in [0.717, 1.165) is 19.3 Å². The van der Waals surface area contributed by atoms with Crippen LogP contribution in [0.3, 0.4) is 0 Å². The number of alkyl halides is 1. The molecule has 1 aromatic rings. The van der Waals surface area contributed by atoms with Gasteiger partial charge in [0.1, 0.15) is 0 Å². The second kappa shape index (κ2) is 7.48. The molecule has 1 N–H and O–H groups in total. The topological polar surface area (TPSA) is 76.7 Å². The number of hydrogen-bond acceptors (Lipinski definition) is 5. The Morgan fingerprint density at radius 2 is 2.16 bits per heavy atom.